The number of hydrogen-bond acceptors (Lipinski definition) is 6. The summed E-state index contributed by atoms with van der Waals surface area (Å²) in [5, 5.41) is 4.15. The van der Waals surface area contributed by atoms with Gasteiger partial charge in [-0.2, -0.15) is 0 Å². The van der Waals surface area contributed by atoms with E-state index < -0.39 is 0 Å². The molecule has 1 aliphatic rings. The van der Waals surface area contributed by atoms with E-state index in [0.29, 0.717) is 13.2 Å². The molecule has 1 saturated heterocycles. The monoisotopic (exact) mass is 362 g/mol. The molecule has 1 amide bonds. The van der Waals surface area contributed by atoms with Crippen LogP contribution in [-0.4, -0.2) is 49.2 Å². The van der Waals surface area contributed by atoms with Crippen molar-refractivity contribution < 1.29 is 9.53 Å². The van der Waals surface area contributed by atoms with E-state index in [0.717, 1.165) is 54.8 Å². The van der Waals surface area contributed by atoms with E-state index in [4.69, 9.17) is 4.74 Å². The van der Waals surface area contributed by atoms with Crippen LogP contribution in [0.25, 0.3) is 10.2 Å². The highest BCUT2D eigenvalue weighted by atomic mass is 32.1. The van der Waals surface area contributed by atoms with Crippen LogP contribution >= 0.6 is 11.3 Å². The number of ether oxygens (including phenoxy) is 1. The summed E-state index contributed by atoms with van der Waals surface area (Å²) in [5.74, 6) is 1.13. The highest BCUT2D eigenvalue weighted by Gasteiger charge is 2.27. The summed E-state index contributed by atoms with van der Waals surface area (Å²) in [6, 6.07) is 2.20. The summed E-state index contributed by atoms with van der Waals surface area (Å²) >= 11 is 1.73. The zero-order valence-electron chi connectivity index (χ0n) is 15.0. The smallest absolute Gasteiger partial charge is 0.224 e. The van der Waals surface area contributed by atoms with Crippen LogP contribution in [0.15, 0.2) is 12.4 Å². The fourth-order valence-corrected chi connectivity index (χ4v) is 4.20. The van der Waals surface area contributed by atoms with E-state index in [1.165, 1.54) is 4.88 Å². The average Bonchev–Trinajstić information content (AvgIpc) is 3.08. The fourth-order valence-electron chi connectivity index (χ4n) is 3.28. The Morgan fingerprint density at radius 2 is 2.36 bits per heavy atom. The maximum atomic E-state index is 12.4. The third-order valence-corrected chi connectivity index (χ3v) is 5.81. The second-order valence-electron chi connectivity index (χ2n) is 6.40. The Balaban J connectivity index is 1.69. The molecule has 2 aromatic heterocycles. The number of carbonyl (C=O) groups is 1. The highest BCUT2D eigenvalue weighted by Crippen LogP contribution is 2.32. The van der Waals surface area contributed by atoms with Crippen LogP contribution < -0.4 is 10.2 Å². The number of hydrogen-bond donors (Lipinski definition) is 1. The lowest BCUT2D eigenvalue weighted by Gasteiger charge is -2.33. The quantitative estimate of drug-likeness (QED) is 0.767. The van der Waals surface area contributed by atoms with Gasteiger partial charge in [0.15, 0.2) is 0 Å². The number of piperidine rings is 1. The third kappa shape index (κ3) is 4.27. The van der Waals surface area contributed by atoms with Gasteiger partial charge in [0.1, 0.15) is 17.0 Å². The van der Waals surface area contributed by atoms with Crippen molar-refractivity contribution in [1.82, 2.24) is 15.3 Å². The van der Waals surface area contributed by atoms with Gasteiger partial charge in [-0.3, -0.25) is 4.79 Å². The molecule has 0 saturated carbocycles. The number of methoxy groups -OCH3 is 1. The number of anilines is 1. The van der Waals surface area contributed by atoms with Crippen molar-refractivity contribution in [2.24, 2.45) is 5.92 Å². The summed E-state index contributed by atoms with van der Waals surface area (Å²) in [6.45, 7) is 5.16. The molecule has 0 aromatic carbocycles. The van der Waals surface area contributed by atoms with Gasteiger partial charge in [0.2, 0.25) is 5.91 Å². The van der Waals surface area contributed by atoms with Crippen molar-refractivity contribution in [1.29, 1.82) is 0 Å². The van der Waals surface area contributed by atoms with Crippen molar-refractivity contribution in [3.05, 3.63) is 17.3 Å². The van der Waals surface area contributed by atoms with Crippen LogP contribution in [0.1, 0.15) is 31.1 Å². The number of amides is 1. The van der Waals surface area contributed by atoms with Crippen molar-refractivity contribution in [2.45, 2.75) is 32.6 Å². The molecule has 0 aliphatic carbocycles. The first-order valence-corrected chi connectivity index (χ1v) is 9.79. The normalized spacial score (nSPS) is 17.8. The number of nitrogens with one attached hydrogen (secondary N) is 1. The van der Waals surface area contributed by atoms with Crippen molar-refractivity contribution in [2.75, 3.05) is 38.3 Å². The van der Waals surface area contributed by atoms with E-state index in [9.17, 15) is 4.79 Å². The van der Waals surface area contributed by atoms with Gasteiger partial charge >= 0.3 is 0 Å². The minimum Gasteiger partial charge on any atom is -0.385 e. The minimum atomic E-state index is 0.0191. The summed E-state index contributed by atoms with van der Waals surface area (Å²) in [4.78, 5) is 26.0. The fraction of sp³-hybridized carbons (Fsp3) is 0.611. The molecule has 136 valence electrons. The van der Waals surface area contributed by atoms with Crippen LogP contribution in [0.4, 0.5) is 5.82 Å². The SMILES string of the molecule is CCc1cc2c(N3CCC[C@@H](C(=O)NCCCOC)C3)ncnc2s1. The van der Waals surface area contributed by atoms with Gasteiger partial charge < -0.3 is 15.0 Å². The molecule has 1 atom stereocenters. The molecule has 25 heavy (non-hydrogen) atoms. The van der Waals surface area contributed by atoms with E-state index in [1.807, 2.05) is 0 Å². The van der Waals surface area contributed by atoms with Crippen LogP contribution in [0.3, 0.4) is 0 Å². The first-order valence-electron chi connectivity index (χ1n) is 8.98. The van der Waals surface area contributed by atoms with Gasteiger partial charge in [-0.15, -0.1) is 11.3 Å². The van der Waals surface area contributed by atoms with Crippen LogP contribution in [0.5, 0.6) is 0 Å². The van der Waals surface area contributed by atoms with Gasteiger partial charge in [0.05, 0.1) is 11.3 Å². The summed E-state index contributed by atoms with van der Waals surface area (Å²) in [6.07, 6.45) is 5.44. The largest absolute Gasteiger partial charge is 0.385 e. The van der Waals surface area contributed by atoms with Gasteiger partial charge in [-0.05, 0) is 31.7 Å². The molecule has 1 fully saturated rings. The predicted octanol–water partition coefficient (Wildman–Crippen LogP) is 2.62. The minimum absolute atomic E-state index is 0.0191. The Morgan fingerprint density at radius 3 is 3.16 bits per heavy atom. The standard InChI is InChI=1S/C18H26N4O2S/c1-3-14-10-15-16(20-12-21-18(15)25-14)22-8-4-6-13(11-22)17(23)19-7-5-9-24-2/h10,12-13H,3-9,11H2,1-2H3,(H,19,23)/t13-/m1/s1. The Kier molecular flexibility index (Phi) is 6.20. The molecule has 0 spiro atoms. The lowest BCUT2D eigenvalue weighted by atomic mass is 9.97. The summed E-state index contributed by atoms with van der Waals surface area (Å²) in [5.41, 5.74) is 0. The molecule has 3 rings (SSSR count). The molecular weight excluding hydrogens is 336 g/mol. The number of aromatic nitrogens is 2. The molecule has 0 bridgehead atoms. The maximum Gasteiger partial charge on any atom is 0.224 e. The van der Waals surface area contributed by atoms with Crippen molar-refractivity contribution in [3.8, 4) is 0 Å². The molecule has 3 heterocycles. The molecule has 7 heteroatoms. The Labute approximate surface area is 152 Å². The average molecular weight is 362 g/mol. The van der Waals surface area contributed by atoms with Crippen molar-refractivity contribution >= 4 is 33.3 Å². The van der Waals surface area contributed by atoms with Crippen molar-refractivity contribution in [3.63, 3.8) is 0 Å². The van der Waals surface area contributed by atoms with Gasteiger partial charge in [-0.1, -0.05) is 6.92 Å². The Morgan fingerprint density at radius 1 is 1.48 bits per heavy atom. The lowest BCUT2D eigenvalue weighted by Crippen LogP contribution is -2.43. The molecule has 1 aliphatic heterocycles. The summed E-state index contributed by atoms with van der Waals surface area (Å²) < 4.78 is 5.02. The summed E-state index contributed by atoms with van der Waals surface area (Å²) in [7, 11) is 1.68. The van der Waals surface area contributed by atoms with Crippen LogP contribution in [0.2, 0.25) is 0 Å². The molecular formula is C18H26N4O2S. The van der Waals surface area contributed by atoms with Gasteiger partial charge in [-0.25, -0.2) is 9.97 Å². The van der Waals surface area contributed by atoms with E-state index in [-0.39, 0.29) is 11.8 Å². The van der Waals surface area contributed by atoms with Crippen LogP contribution in [-0.2, 0) is 16.0 Å². The van der Waals surface area contributed by atoms with Gasteiger partial charge in [0, 0.05) is 38.2 Å². The topological polar surface area (TPSA) is 67.4 Å². The zero-order chi connectivity index (χ0) is 17.6. The molecule has 0 radical (unpaired) electrons. The maximum absolute atomic E-state index is 12.4. The van der Waals surface area contributed by atoms with Crippen LogP contribution in [0, 0.1) is 5.92 Å². The number of aryl methyl sites for hydroxylation is 1. The first-order chi connectivity index (χ1) is 12.2. The molecule has 6 nitrogen and oxygen atoms in total. The lowest BCUT2D eigenvalue weighted by molar-refractivity contribution is -0.125. The molecule has 2 aromatic rings. The van der Waals surface area contributed by atoms with E-state index >= 15 is 0 Å². The highest BCUT2D eigenvalue weighted by molar-refractivity contribution is 7.18. The Bertz CT molecular complexity index is 718. The number of nitrogens with zero attached hydrogens (tertiary/aromatic N) is 3. The number of rotatable bonds is 7. The van der Waals surface area contributed by atoms with E-state index in [1.54, 1.807) is 24.8 Å². The van der Waals surface area contributed by atoms with Gasteiger partial charge in [0.25, 0.3) is 0 Å². The first kappa shape index (κ1) is 18.1. The third-order valence-electron chi connectivity index (χ3n) is 4.62. The van der Waals surface area contributed by atoms with E-state index in [2.05, 4.69) is 33.2 Å². The zero-order valence-corrected chi connectivity index (χ0v) is 15.8. The molecule has 1 N–H and O–H groups in total. The second-order valence-corrected chi connectivity index (χ2v) is 7.52. The predicted molar refractivity (Wildman–Crippen MR) is 101 cm³/mol. The number of fused-ring (bicyclic) bond motifs is 1. The Hall–Kier alpha value is -1.73. The number of carbonyl (C=O) groups excluding carboxylic acids is 1. The molecule has 0 unspecified atom stereocenters. The number of thiophene rings is 1. The second kappa shape index (κ2) is 8.58.